The summed E-state index contributed by atoms with van der Waals surface area (Å²) in [5.74, 6) is -5.54. The molecule has 4 aliphatic rings. The standard InChI is InChI=1S/C31H42O13/c1-10-24(36)42-20-13-22(39-17(5)33)29(8)25(15(20)3)27(41-19(7)35)31-23(43-28(37)30(31,9)44-31)12-14(2)11-21(38-16(4)32)26(29)40-18(6)34/h12,15,20-23,25-27H,10-11,13H2,1-9H3/b14-12-/t15-,20-,21-,22-,23-,25+,26+,27+,29-,30+,31-/m0/s1. The zero-order valence-corrected chi connectivity index (χ0v) is 26.6. The van der Waals surface area contributed by atoms with Gasteiger partial charge in [0.1, 0.15) is 30.5 Å². The summed E-state index contributed by atoms with van der Waals surface area (Å²) in [7, 11) is 0. The average molecular weight is 623 g/mol. The van der Waals surface area contributed by atoms with E-state index >= 15 is 0 Å². The zero-order valence-electron chi connectivity index (χ0n) is 26.6. The number of carbonyl (C=O) groups is 6. The molecule has 2 heterocycles. The average Bonchev–Trinajstić information content (AvgIpc) is 3.49. The van der Waals surface area contributed by atoms with Crippen LogP contribution in [0.1, 0.15) is 81.6 Å². The van der Waals surface area contributed by atoms with E-state index in [9.17, 15) is 28.8 Å². The topological polar surface area (TPSA) is 170 Å². The molecule has 13 heteroatoms. The number of hydrogen-bond acceptors (Lipinski definition) is 13. The van der Waals surface area contributed by atoms with Gasteiger partial charge in [-0.2, -0.15) is 0 Å². The maximum Gasteiger partial charge on any atom is 0.342 e. The molecule has 0 unspecified atom stereocenters. The van der Waals surface area contributed by atoms with E-state index in [2.05, 4.69) is 0 Å². The van der Waals surface area contributed by atoms with Crippen molar-refractivity contribution in [3.8, 4) is 0 Å². The van der Waals surface area contributed by atoms with E-state index in [0.29, 0.717) is 5.57 Å². The minimum absolute atomic E-state index is 0.00433. The fraction of sp³-hybridized carbons (Fsp3) is 0.742. The van der Waals surface area contributed by atoms with Gasteiger partial charge >= 0.3 is 35.8 Å². The Hall–Kier alpha value is -3.48. The first-order valence-corrected chi connectivity index (χ1v) is 14.9. The summed E-state index contributed by atoms with van der Waals surface area (Å²) in [6, 6.07) is 0. The van der Waals surface area contributed by atoms with Crippen LogP contribution >= 0.6 is 0 Å². The predicted molar refractivity (Wildman–Crippen MR) is 148 cm³/mol. The van der Waals surface area contributed by atoms with Crippen molar-refractivity contribution in [2.24, 2.45) is 17.3 Å². The van der Waals surface area contributed by atoms with Crippen molar-refractivity contribution < 1.29 is 61.9 Å². The van der Waals surface area contributed by atoms with E-state index in [-0.39, 0.29) is 19.3 Å². The maximum atomic E-state index is 13.2. The molecule has 0 bridgehead atoms. The Bertz CT molecular complexity index is 1270. The third kappa shape index (κ3) is 5.48. The van der Waals surface area contributed by atoms with Crippen molar-refractivity contribution in [1.29, 1.82) is 0 Å². The largest absolute Gasteiger partial charge is 0.462 e. The first-order chi connectivity index (χ1) is 20.4. The summed E-state index contributed by atoms with van der Waals surface area (Å²) in [4.78, 5) is 76.5. The number of rotatable bonds is 6. The lowest BCUT2D eigenvalue weighted by Crippen LogP contribution is -2.68. The van der Waals surface area contributed by atoms with Crippen molar-refractivity contribution >= 4 is 35.8 Å². The number of ether oxygens (including phenoxy) is 7. The summed E-state index contributed by atoms with van der Waals surface area (Å²) >= 11 is 0. The molecule has 0 radical (unpaired) electrons. The second kappa shape index (κ2) is 11.8. The van der Waals surface area contributed by atoms with E-state index in [1.54, 1.807) is 40.7 Å². The Morgan fingerprint density at radius 1 is 0.864 bits per heavy atom. The summed E-state index contributed by atoms with van der Waals surface area (Å²) in [6.07, 6.45) is -4.86. The van der Waals surface area contributed by atoms with Crippen molar-refractivity contribution in [3.05, 3.63) is 11.6 Å². The van der Waals surface area contributed by atoms with E-state index in [0.717, 1.165) is 0 Å². The Morgan fingerprint density at radius 2 is 1.43 bits per heavy atom. The molecule has 4 rings (SSSR count). The van der Waals surface area contributed by atoms with Crippen LogP contribution in [-0.4, -0.2) is 83.6 Å². The molecule has 0 aromatic carbocycles. The lowest BCUT2D eigenvalue weighted by Gasteiger charge is -2.57. The van der Waals surface area contributed by atoms with E-state index in [4.69, 9.17) is 33.2 Å². The monoisotopic (exact) mass is 622 g/mol. The molecule has 0 amide bonds. The van der Waals surface area contributed by atoms with Crippen LogP contribution in [0, 0.1) is 17.3 Å². The molecule has 44 heavy (non-hydrogen) atoms. The van der Waals surface area contributed by atoms with Crippen LogP contribution in [-0.2, 0) is 61.9 Å². The first-order valence-electron chi connectivity index (χ1n) is 14.9. The zero-order chi connectivity index (χ0) is 32.9. The summed E-state index contributed by atoms with van der Waals surface area (Å²) in [5, 5.41) is 0. The molecular formula is C31H42O13. The van der Waals surface area contributed by atoms with Gasteiger partial charge in [-0.25, -0.2) is 4.79 Å². The molecular weight excluding hydrogens is 580 g/mol. The highest BCUT2D eigenvalue weighted by atomic mass is 16.7. The van der Waals surface area contributed by atoms with Gasteiger partial charge in [0.15, 0.2) is 17.3 Å². The molecule has 2 saturated heterocycles. The molecule has 2 aliphatic heterocycles. The van der Waals surface area contributed by atoms with Crippen molar-refractivity contribution in [1.82, 2.24) is 0 Å². The SMILES string of the molecule is CCC(=O)O[C@H]1C[C@H](OC(C)=O)[C@@]2(C)[C@H]([C@H]1C)[C@@H](OC(C)=O)[C@]13O[C@]1(C)C(=O)O[C@H]3/C=C(/C)C[C@H](OC(C)=O)[C@H]2OC(C)=O. The van der Waals surface area contributed by atoms with Crippen LogP contribution in [0.5, 0.6) is 0 Å². The van der Waals surface area contributed by atoms with Gasteiger partial charge in [0, 0.05) is 58.8 Å². The predicted octanol–water partition coefficient (Wildman–Crippen LogP) is 2.50. The highest BCUT2D eigenvalue weighted by Gasteiger charge is 2.87. The van der Waals surface area contributed by atoms with Gasteiger partial charge in [0.05, 0.1) is 5.41 Å². The van der Waals surface area contributed by atoms with Crippen molar-refractivity contribution in [2.75, 3.05) is 0 Å². The van der Waals surface area contributed by atoms with Gasteiger partial charge in [-0.1, -0.05) is 26.3 Å². The van der Waals surface area contributed by atoms with E-state index in [1.807, 2.05) is 0 Å². The van der Waals surface area contributed by atoms with Crippen molar-refractivity contribution in [2.45, 2.75) is 129 Å². The number of fused-ring (bicyclic) bond motifs is 1. The number of epoxide rings is 1. The molecule has 11 atom stereocenters. The molecule has 1 spiro atoms. The normalized spacial score (nSPS) is 42.0. The highest BCUT2D eigenvalue weighted by Crippen LogP contribution is 2.66. The quantitative estimate of drug-likeness (QED) is 0.183. The Labute approximate surface area is 256 Å². The molecule has 1 saturated carbocycles. The third-order valence-electron chi connectivity index (χ3n) is 9.58. The van der Waals surface area contributed by atoms with Gasteiger partial charge in [-0.3, -0.25) is 24.0 Å². The van der Waals surface area contributed by atoms with Crippen LogP contribution in [0.15, 0.2) is 11.6 Å². The van der Waals surface area contributed by atoms with Crippen molar-refractivity contribution in [3.63, 3.8) is 0 Å². The number of esters is 6. The van der Waals surface area contributed by atoms with E-state index in [1.165, 1.54) is 27.7 Å². The first kappa shape index (κ1) is 33.4. The summed E-state index contributed by atoms with van der Waals surface area (Å²) in [5.41, 5.74) is -3.90. The van der Waals surface area contributed by atoms with Crippen LogP contribution < -0.4 is 0 Å². The lowest BCUT2D eigenvalue weighted by molar-refractivity contribution is -0.247. The van der Waals surface area contributed by atoms with Crippen LogP contribution in [0.4, 0.5) is 0 Å². The highest BCUT2D eigenvalue weighted by molar-refractivity contribution is 5.89. The third-order valence-corrected chi connectivity index (χ3v) is 9.58. The smallest absolute Gasteiger partial charge is 0.342 e. The fourth-order valence-electron chi connectivity index (χ4n) is 7.71. The molecule has 0 N–H and O–H groups in total. The molecule has 0 aromatic heterocycles. The Kier molecular flexibility index (Phi) is 8.95. The molecule has 2 aliphatic carbocycles. The second-order valence-corrected chi connectivity index (χ2v) is 12.6. The minimum atomic E-state index is -1.52. The molecule has 13 nitrogen and oxygen atoms in total. The van der Waals surface area contributed by atoms with Gasteiger partial charge in [0.25, 0.3) is 0 Å². The second-order valence-electron chi connectivity index (χ2n) is 12.6. The maximum absolute atomic E-state index is 13.2. The summed E-state index contributed by atoms with van der Waals surface area (Å²) < 4.78 is 41.7. The number of hydrogen-bond donors (Lipinski definition) is 0. The summed E-state index contributed by atoms with van der Waals surface area (Å²) in [6.45, 7) is 13.2. The fourth-order valence-corrected chi connectivity index (χ4v) is 7.71. The molecule has 244 valence electrons. The van der Waals surface area contributed by atoms with E-state index < -0.39 is 101 Å². The van der Waals surface area contributed by atoms with Crippen LogP contribution in [0.25, 0.3) is 0 Å². The van der Waals surface area contributed by atoms with Crippen LogP contribution in [0.3, 0.4) is 0 Å². The van der Waals surface area contributed by atoms with Gasteiger partial charge < -0.3 is 33.2 Å². The number of carbonyl (C=O) groups excluding carboxylic acids is 6. The molecule has 0 aromatic rings. The van der Waals surface area contributed by atoms with Gasteiger partial charge in [-0.05, 0) is 19.9 Å². The van der Waals surface area contributed by atoms with Gasteiger partial charge in [0.2, 0.25) is 0 Å². The van der Waals surface area contributed by atoms with Crippen LogP contribution in [0.2, 0.25) is 0 Å². The Morgan fingerprint density at radius 3 is 1.95 bits per heavy atom. The van der Waals surface area contributed by atoms with Gasteiger partial charge in [-0.15, -0.1) is 0 Å². The lowest BCUT2D eigenvalue weighted by atomic mass is 9.52. The molecule has 3 fully saturated rings. The minimum Gasteiger partial charge on any atom is -0.462 e. The Balaban J connectivity index is 2.08.